The molecule has 0 unspecified atom stereocenters. The number of aromatic nitrogens is 1. The second-order valence-corrected chi connectivity index (χ2v) is 11.4. The van der Waals surface area contributed by atoms with Gasteiger partial charge in [0.05, 0.1) is 10.6 Å². The molecule has 0 atom stereocenters. The molecule has 0 aliphatic carbocycles. The number of carbonyl (C=O) groups is 1. The first kappa shape index (κ1) is 23.6. The second kappa shape index (κ2) is 10.1. The number of nitrogens with one attached hydrogen (secondary N) is 1. The van der Waals surface area contributed by atoms with Crippen molar-refractivity contribution in [3.63, 3.8) is 0 Å². The molecule has 1 heterocycles. The highest BCUT2D eigenvalue weighted by Crippen LogP contribution is 2.26. The van der Waals surface area contributed by atoms with Gasteiger partial charge in [-0.05, 0) is 64.6 Å². The van der Waals surface area contributed by atoms with Crippen LogP contribution in [0.25, 0.3) is 11.3 Å². The Morgan fingerprint density at radius 1 is 1.00 bits per heavy atom. The van der Waals surface area contributed by atoms with Crippen molar-refractivity contribution in [2.75, 3.05) is 12.4 Å². The molecule has 0 spiro atoms. The van der Waals surface area contributed by atoms with Gasteiger partial charge < -0.3 is 0 Å². The van der Waals surface area contributed by atoms with E-state index >= 15 is 0 Å². The summed E-state index contributed by atoms with van der Waals surface area (Å²) in [4.78, 5) is 17.2. The highest BCUT2D eigenvalue weighted by Gasteiger charge is 2.21. The van der Waals surface area contributed by atoms with Gasteiger partial charge in [-0.1, -0.05) is 42.5 Å². The molecule has 0 aliphatic rings. The van der Waals surface area contributed by atoms with Crippen molar-refractivity contribution in [2.24, 2.45) is 0 Å². The molecule has 4 aromatic rings. The van der Waals surface area contributed by atoms with E-state index in [0.717, 1.165) is 20.4 Å². The van der Waals surface area contributed by atoms with Gasteiger partial charge in [-0.2, -0.15) is 4.31 Å². The molecular weight excluding hydrogens is 569 g/mol. The fourth-order valence-electron chi connectivity index (χ4n) is 3.14. The van der Waals surface area contributed by atoms with E-state index in [1.807, 2.05) is 60.0 Å². The summed E-state index contributed by atoms with van der Waals surface area (Å²) in [6, 6.07) is 23.3. The number of halogens is 1. The third-order valence-corrected chi connectivity index (χ3v) is 8.23. The van der Waals surface area contributed by atoms with Gasteiger partial charge in [0.2, 0.25) is 10.0 Å². The number of sulfonamides is 1. The van der Waals surface area contributed by atoms with Crippen LogP contribution in [0.2, 0.25) is 0 Å². The summed E-state index contributed by atoms with van der Waals surface area (Å²) < 4.78 is 28.2. The van der Waals surface area contributed by atoms with Crippen LogP contribution in [-0.2, 0) is 16.6 Å². The van der Waals surface area contributed by atoms with Gasteiger partial charge in [0, 0.05) is 33.7 Å². The molecule has 0 radical (unpaired) electrons. The number of rotatable bonds is 7. The van der Waals surface area contributed by atoms with E-state index in [0.29, 0.717) is 10.7 Å². The van der Waals surface area contributed by atoms with Gasteiger partial charge in [-0.25, -0.2) is 13.4 Å². The number of hydrogen-bond acceptors (Lipinski definition) is 5. The highest BCUT2D eigenvalue weighted by atomic mass is 127. The molecule has 4 rings (SSSR count). The highest BCUT2D eigenvalue weighted by molar-refractivity contribution is 14.1. The van der Waals surface area contributed by atoms with Gasteiger partial charge in [0.25, 0.3) is 5.91 Å². The number of anilines is 1. The maximum absolute atomic E-state index is 12.9. The van der Waals surface area contributed by atoms with Gasteiger partial charge in [-0.15, -0.1) is 11.3 Å². The maximum Gasteiger partial charge on any atom is 0.257 e. The number of nitrogens with zero attached hydrogens (tertiary/aromatic N) is 2. The number of carbonyl (C=O) groups excluding carboxylic acids is 1. The molecule has 0 aliphatic heterocycles. The summed E-state index contributed by atoms with van der Waals surface area (Å²) in [6.07, 6.45) is 0. The minimum atomic E-state index is -3.68. The Morgan fingerprint density at radius 3 is 2.33 bits per heavy atom. The molecule has 0 fully saturated rings. The van der Waals surface area contributed by atoms with E-state index in [4.69, 9.17) is 0 Å². The largest absolute Gasteiger partial charge is 0.298 e. The third kappa shape index (κ3) is 5.67. The molecule has 6 nitrogen and oxygen atoms in total. The van der Waals surface area contributed by atoms with Crippen LogP contribution in [0.15, 0.2) is 89.1 Å². The van der Waals surface area contributed by atoms with E-state index in [2.05, 4.69) is 32.9 Å². The number of benzene rings is 3. The monoisotopic (exact) mass is 589 g/mol. The van der Waals surface area contributed by atoms with Crippen LogP contribution in [0.5, 0.6) is 0 Å². The summed E-state index contributed by atoms with van der Waals surface area (Å²) in [5, 5.41) is 5.14. The minimum absolute atomic E-state index is 0.132. The van der Waals surface area contributed by atoms with Gasteiger partial charge in [0.15, 0.2) is 5.13 Å². The van der Waals surface area contributed by atoms with Crippen molar-refractivity contribution < 1.29 is 13.2 Å². The van der Waals surface area contributed by atoms with Gasteiger partial charge in [-0.3, -0.25) is 10.1 Å². The number of hydrogen-bond donors (Lipinski definition) is 1. The minimum Gasteiger partial charge on any atom is -0.298 e. The van der Waals surface area contributed by atoms with Crippen LogP contribution in [0.3, 0.4) is 0 Å². The Bertz CT molecular complexity index is 1350. The molecule has 3 aromatic carbocycles. The first-order chi connectivity index (χ1) is 15.8. The lowest BCUT2D eigenvalue weighted by Gasteiger charge is -2.17. The zero-order valence-electron chi connectivity index (χ0n) is 17.6. The molecule has 33 heavy (non-hydrogen) atoms. The van der Waals surface area contributed by atoms with Crippen molar-refractivity contribution in [1.29, 1.82) is 0 Å². The Balaban J connectivity index is 1.43. The van der Waals surface area contributed by atoms with Crippen LogP contribution < -0.4 is 5.32 Å². The van der Waals surface area contributed by atoms with Crippen LogP contribution in [0.1, 0.15) is 15.9 Å². The fourth-order valence-corrected chi connectivity index (χ4v) is 5.37. The summed E-state index contributed by atoms with van der Waals surface area (Å²) in [5.74, 6) is -0.347. The molecule has 1 amide bonds. The Labute approximate surface area is 210 Å². The summed E-state index contributed by atoms with van der Waals surface area (Å²) in [5.41, 5.74) is 3.01. The first-order valence-corrected chi connectivity index (χ1v) is 13.4. The lowest BCUT2D eigenvalue weighted by Crippen LogP contribution is -2.26. The number of thiazole rings is 1. The molecule has 0 bridgehead atoms. The summed E-state index contributed by atoms with van der Waals surface area (Å²) in [7, 11) is -2.14. The van der Waals surface area contributed by atoms with Gasteiger partial charge in [0.1, 0.15) is 0 Å². The van der Waals surface area contributed by atoms with Crippen LogP contribution in [0.4, 0.5) is 5.13 Å². The molecule has 9 heteroatoms. The van der Waals surface area contributed by atoms with Crippen molar-refractivity contribution in [3.8, 4) is 11.3 Å². The molecule has 0 saturated heterocycles. The molecule has 0 saturated carbocycles. The predicted molar refractivity (Wildman–Crippen MR) is 140 cm³/mol. The van der Waals surface area contributed by atoms with E-state index in [9.17, 15) is 13.2 Å². The number of amides is 1. The Morgan fingerprint density at radius 2 is 1.67 bits per heavy atom. The topological polar surface area (TPSA) is 79.4 Å². The lowest BCUT2D eigenvalue weighted by atomic mass is 10.2. The zero-order chi connectivity index (χ0) is 23.4. The van der Waals surface area contributed by atoms with E-state index in [-0.39, 0.29) is 17.3 Å². The lowest BCUT2D eigenvalue weighted by molar-refractivity contribution is 0.102. The zero-order valence-corrected chi connectivity index (χ0v) is 21.4. The van der Waals surface area contributed by atoms with Crippen molar-refractivity contribution in [2.45, 2.75) is 11.4 Å². The van der Waals surface area contributed by atoms with Crippen LogP contribution in [-0.4, -0.2) is 30.7 Å². The van der Waals surface area contributed by atoms with Crippen molar-refractivity contribution >= 4 is 55.0 Å². The van der Waals surface area contributed by atoms with Gasteiger partial charge >= 0.3 is 0 Å². The molecular formula is C24H20IN3O3S2. The average molecular weight is 589 g/mol. The average Bonchev–Trinajstić information content (AvgIpc) is 3.28. The second-order valence-electron chi connectivity index (χ2n) is 7.27. The first-order valence-electron chi connectivity index (χ1n) is 9.96. The third-order valence-electron chi connectivity index (χ3n) is 4.94. The summed E-state index contributed by atoms with van der Waals surface area (Å²) in [6.45, 7) is 0.262. The molecule has 168 valence electrons. The quantitative estimate of drug-likeness (QED) is 0.290. The molecule has 1 aromatic heterocycles. The normalized spacial score (nSPS) is 11.5. The smallest absolute Gasteiger partial charge is 0.257 e. The fraction of sp³-hybridized carbons (Fsp3) is 0.0833. The maximum atomic E-state index is 12.9. The van der Waals surface area contributed by atoms with E-state index in [1.165, 1.54) is 47.0 Å². The Kier molecular flexibility index (Phi) is 7.23. The van der Waals surface area contributed by atoms with E-state index < -0.39 is 10.0 Å². The van der Waals surface area contributed by atoms with E-state index in [1.54, 1.807) is 0 Å². The van der Waals surface area contributed by atoms with Crippen LogP contribution >= 0.6 is 33.9 Å². The van der Waals surface area contributed by atoms with Crippen molar-refractivity contribution in [3.05, 3.63) is 98.9 Å². The van der Waals surface area contributed by atoms with Crippen molar-refractivity contribution in [1.82, 2.24) is 9.29 Å². The summed E-state index contributed by atoms with van der Waals surface area (Å²) >= 11 is 3.58. The SMILES string of the molecule is CN(Cc1ccccc1)S(=O)(=O)c1ccc(C(=O)Nc2nc(-c3ccc(I)cc3)cs2)cc1. The Hall–Kier alpha value is -2.60. The molecule has 1 N–H and O–H groups in total. The predicted octanol–water partition coefficient (Wildman–Crippen LogP) is 5.49. The van der Waals surface area contributed by atoms with Crippen LogP contribution in [0, 0.1) is 3.57 Å². The standard InChI is InChI=1S/C24H20IN3O3S2/c1-28(15-17-5-3-2-4-6-17)33(30,31)21-13-9-19(10-14-21)23(29)27-24-26-22(16-32-24)18-7-11-20(25)12-8-18/h2-14,16H,15H2,1H3,(H,26,27,29).